The number of rotatable bonds is 4. The van der Waals surface area contributed by atoms with Crippen molar-refractivity contribution in [1.29, 1.82) is 0 Å². The molecule has 1 aliphatic rings. The number of ether oxygens (including phenoxy) is 1. The number of benzene rings is 1. The second-order valence-electron chi connectivity index (χ2n) is 6.11. The lowest BCUT2D eigenvalue weighted by molar-refractivity contribution is -0.123. The minimum atomic E-state index is -0.789. The Morgan fingerprint density at radius 2 is 2.21 bits per heavy atom. The van der Waals surface area contributed by atoms with Crippen molar-refractivity contribution in [2.45, 2.75) is 18.9 Å². The lowest BCUT2D eigenvalue weighted by Crippen LogP contribution is -2.57. The first-order chi connectivity index (χ1) is 11.6. The summed E-state index contributed by atoms with van der Waals surface area (Å²) in [6.45, 7) is 3.08. The van der Waals surface area contributed by atoms with Crippen LogP contribution in [0.15, 0.2) is 42.9 Å². The van der Waals surface area contributed by atoms with Crippen molar-refractivity contribution >= 4 is 5.91 Å². The number of morpholine rings is 1. The molecule has 1 amide bonds. The highest BCUT2D eigenvalue weighted by molar-refractivity contribution is 5.92. The van der Waals surface area contributed by atoms with Crippen LogP contribution in [-0.2, 0) is 11.2 Å². The molecule has 0 unspecified atom stereocenters. The number of carbonyl (C=O) groups is 1. The number of nitrogens with zero attached hydrogens (tertiary/aromatic N) is 3. The first kappa shape index (κ1) is 16.5. The van der Waals surface area contributed by atoms with Gasteiger partial charge in [-0.05, 0) is 18.1 Å². The number of hydrogen-bond acceptors (Lipinski definition) is 5. The number of aryl methyl sites for hydroxylation is 1. The molecule has 0 bridgehead atoms. The smallest absolute Gasteiger partial charge is 0.274 e. The van der Waals surface area contributed by atoms with E-state index in [4.69, 9.17) is 4.74 Å². The van der Waals surface area contributed by atoms with Crippen molar-refractivity contribution < 1.29 is 14.6 Å². The van der Waals surface area contributed by atoms with Crippen LogP contribution in [0.25, 0.3) is 0 Å². The Hall–Kier alpha value is -2.31. The van der Waals surface area contributed by atoms with Crippen molar-refractivity contribution in [3.8, 4) is 0 Å². The van der Waals surface area contributed by atoms with Gasteiger partial charge in [0.1, 0.15) is 11.3 Å². The summed E-state index contributed by atoms with van der Waals surface area (Å²) < 4.78 is 5.91. The van der Waals surface area contributed by atoms with E-state index in [1.807, 2.05) is 31.2 Å². The zero-order chi connectivity index (χ0) is 17.0. The molecule has 0 radical (unpaired) electrons. The van der Waals surface area contributed by atoms with E-state index in [0.717, 1.165) is 11.1 Å². The molecule has 1 aromatic heterocycles. The summed E-state index contributed by atoms with van der Waals surface area (Å²) in [6, 6.07) is 8.01. The quantitative estimate of drug-likeness (QED) is 0.914. The summed E-state index contributed by atoms with van der Waals surface area (Å²) >= 11 is 0. The van der Waals surface area contributed by atoms with Crippen molar-refractivity contribution in [2.24, 2.45) is 0 Å². The van der Waals surface area contributed by atoms with Gasteiger partial charge in [0.05, 0.1) is 26.0 Å². The van der Waals surface area contributed by atoms with E-state index in [0.29, 0.717) is 31.8 Å². The van der Waals surface area contributed by atoms with Crippen molar-refractivity contribution in [1.82, 2.24) is 14.9 Å². The molecule has 0 saturated carbocycles. The Balaban J connectivity index is 1.79. The van der Waals surface area contributed by atoms with Crippen LogP contribution >= 0.6 is 0 Å². The van der Waals surface area contributed by atoms with Crippen LogP contribution in [0, 0.1) is 6.92 Å². The predicted octanol–water partition coefficient (Wildman–Crippen LogP) is 1.23. The van der Waals surface area contributed by atoms with Gasteiger partial charge in [0.2, 0.25) is 0 Å². The molecule has 1 N–H and O–H groups in total. The Morgan fingerprint density at radius 1 is 1.38 bits per heavy atom. The molecular weight excluding hydrogens is 306 g/mol. The zero-order valence-corrected chi connectivity index (χ0v) is 13.7. The zero-order valence-electron chi connectivity index (χ0n) is 13.7. The molecule has 6 heteroatoms. The summed E-state index contributed by atoms with van der Waals surface area (Å²) in [5.74, 6) is -0.186. The van der Waals surface area contributed by atoms with Gasteiger partial charge in [0, 0.05) is 25.4 Å². The maximum atomic E-state index is 12.6. The van der Waals surface area contributed by atoms with Crippen molar-refractivity contribution in [2.75, 3.05) is 26.3 Å². The van der Waals surface area contributed by atoms with E-state index < -0.39 is 5.60 Å². The van der Waals surface area contributed by atoms with Crippen molar-refractivity contribution in [3.05, 3.63) is 59.7 Å². The van der Waals surface area contributed by atoms with Gasteiger partial charge in [-0.25, -0.2) is 4.98 Å². The van der Waals surface area contributed by atoms with E-state index in [9.17, 15) is 9.90 Å². The second-order valence-corrected chi connectivity index (χ2v) is 6.11. The van der Waals surface area contributed by atoms with Crippen LogP contribution in [0.5, 0.6) is 0 Å². The SMILES string of the molecule is Cc1ccccc1C[C@@]1(CO)CN(C(=O)c2cnccn2)CCO1. The van der Waals surface area contributed by atoms with E-state index in [2.05, 4.69) is 9.97 Å². The minimum absolute atomic E-state index is 0.147. The van der Waals surface area contributed by atoms with E-state index in [1.54, 1.807) is 4.90 Å². The Kier molecular flexibility index (Phi) is 4.87. The molecule has 1 aromatic carbocycles. The fourth-order valence-corrected chi connectivity index (χ4v) is 3.00. The number of hydrogen-bond donors (Lipinski definition) is 1. The van der Waals surface area contributed by atoms with Gasteiger partial charge in [-0.2, -0.15) is 0 Å². The number of aliphatic hydroxyl groups excluding tert-OH is 1. The van der Waals surface area contributed by atoms with Gasteiger partial charge < -0.3 is 14.7 Å². The first-order valence-corrected chi connectivity index (χ1v) is 7.98. The standard InChI is InChI=1S/C18H21N3O3/c1-14-4-2-3-5-15(14)10-18(13-22)12-21(8-9-24-18)17(23)16-11-19-6-7-20-16/h2-7,11,22H,8-10,12-13H2,1H3/t18-/m0/s1. The predicted molar refractivity (Wildman–Crippen MR) is 88.6 cm³/mol. The van der Waals surface area contributed by atoms with E-state index >= 15 is 0 Å². The Labute approximate surface area is 141 Å². The fourth-order valence-electron chi connectivity index (χ4n) is 3.00. The third kappa shape index (κ3) is 3.44. The molecule has 1 saturated heterocycles. The maximum absolute atomic E-state index is 12.6. The number of carbonyl (C=O) groups excluding carboxylic acids is 1. The molecule has 0 aliphatic carbocycles. The molecule has 126 valence electrons. The van der Waals surface area contributed by atoms with Gasteiger partial charge in [0.25, 0.3) is 5.91 Å². The van der Waals surface area contributed by atoms with Crippen LogP contribution in [0.3, 0.4) is 0 Å². The van der Waals surface area contributed by atoms with Gasteiger partial charge >= 0.3 is 0 Å². The van der Waals surface area contributed by atoms with Crippen LogP contribution in [0.1, 0.15) is 21.6 Å². The second kappa shape index (κ2) is 7.07. The third-order valence-corrected chi connectivity index (χ3v) is 4.38. The van der Waals surface area contributed by atoms with Crippen LogP contribution in [0.4, 0.5) is 0 Å². The topological polar surface area (TPSA) is 75.5 Å². The molecule has 1 fully saturated rings. The Bertz CT molecular complexity index is 708. The lowest BCUT2D eigenvalue weighted by Gasteiger charge is -2.42. The lowest BCUT2D eigenvalue weighted by atomic mass is 9.91. The summed E-state index contributed by atoms with van der Waals surface area (Å²) in [6.07, 6.45) is 5.05. The van der Waals surface area contributed by atoms with E-state index in [1.165, 1.54) is 18.6 Å². The molecule has 0 spiro atoms. The molecular formula is C18H21N3O3. The molecule has 1 aliphatic heterocycles. The molecule has 3 rings (SSSR count). The van der Waals surface area contributed by atoms with Crippen LogP contribution < -0.4 is 0 Å². The monoisotopic (exact) mass is 327 g/mol. The Morgan fingerprint density at radius 3 is 2.92 bits per heavy atom. The minimum Gasteiger partial charge on any atom is -0.393 e. The molecule has 2 aromatic rings. The first-order valence-electron chi connectivity index (χ1n) is 7.98. The number of amides is 1. The summed E-state index contributed by atoms with van der Waals surface area (Å²) in [7, 11) is 0. The summed E-state index contributed by atoms with van der Waals surface area (Å²) in [5.41, 5.74) is 1.77. The van der Waals surface area contributed by atoms with Crippen LogP contribution in [-0.4, -0.2) is 57.8 Å². The maximum Gasteiger partial charge on any atom is 0.274 e. The normalized spacial score (nSPS) is 20.8. The van der Waals surface area contributed by atoms with Gasteiger partial charge in [-0.3, -0.25) is 9.78 Å². The summed E-state index contributed by atoms with van der Waals surface area (Å²) in [5, 5.41) is 9.97. The van der Waals surface area contributed by atoms with Gasteiger partial charge in [-0.15, -0.1) is 0 Å². The molecule has 1 atom stereocenters. The summed E-state index contributed by atoms with van der Waals surface area (Å²) in [4.78, 5) is 22.3. The van der Waals surface area contributed by atoms with Gasteiger partial charge in [0.15, 0.2) is 0 Å². The van der Waals surface area contributed by atoms with Crippen molar-refractivity contribution in [3.63, 3.8) is 0 Å². The highest BCUT2D eigenvalue weighted by atomic mass is 16.5. The average Bonchev–Trinajstić information content (AvgIpc) is 2.64. The third-order valence-electron chi connectivity index (χ3n) is 4.38. The largest absolute Gasteiger partial charge is 0.393 e. The fraction of sp³-hybridized carbons (Fsp3) is 0.389. The molecule has 6 nitrogen and oxygen atoms in total. The average molecular weight is 327 g/mol. The highest BCUT2D eigenvalue weighted by Gasteiger charge is 2.38. The van der Waals surface area contributed by atoms with Gasteiger partial charge in [-0.1, -0.05) is 24.3 Å². The number of aliphatic hydroxyl groups is 1. The number of aromatic nitrogens is 2. The van der Waals surface area contributed by atoms with E-state index in [-0.39, 0.29) is 12.5 Å². The van der Waals surface area contributed by atoms with Crippen LogP contribution in [0.2, 0.25) is 0 Å². The molecule has 24 heavy (non-hydrogen) atoms. The highest BCUT2D eigenvalue weighted by Crippen LogP contribution is 2.25. The molecule has 2 heterocycles.